The van der Waals surface area contributed by atoms with Crippen LogP contribution in [0, 0.1) is 0 Å². The summed E-state index contributed by atoms with van der Waals surface area (Å²) in [7, 11) is -3.34. The summed E-state index contributed by atoms with van der Waals surface area (Å²) in [5.41, 5.74) is 4.59. The molecule has 0 spiro atoms. The molecule has 0 aliphatic carbocycles. The molecule has 0 unspecified atom stereocenters. The average Bonchev–Trinajstić information content (AvgIpc) is 2.71. The molecule has 0 aliphatic heterocycles. The van der Waals surface area contributed by atoms with Crippen LogP contribution in [0.2, 0.25) is 0 Å². The fraction of sp³-hybridized carbons (Fsp3) is 0.545. The lowest BCUT2D eigenvalue weighted by Gasteiger charge is -2.24. The van der Waals surface area contributed by atoms with Gasteiger partial charge in [0.25, 0.3) is 5.91 Å². The minimum Gasteiger partial charge on any atom is -0.455 e. The van der Waals surface area contributed by atoms with Crippen molar-refractivity contribution in [2.75, 3.05) is 12.8 Å². The van der Waals surface area contributed by atoms with Crippen LogP contribution in [-0.4, -0.2) is 32.7 Å². The number of carbonyl (C=O) groups excluding carboxylic acids is 1. The molecular formula is C11H19N3O4S. The predicted octanol–water partition coefficient (Wildman–Crippen LogP) is -0.204. The van der Waals surface area contributed by atoms with Gasteiger partial charge in [0, 0.05) is 12.1 Å². The molecule has 0 saturated heterocycles. The van der Waals surface area contributed by atoms with E-state index in [0.717, 1.165) is 6.26 Å². The van der Waals surface area contributed by atoms with Gasteiger partial charge in [-0.2, -0.15) is 0 Å². The van der Waals surface area contributed by atoms with E-state index in [1.54, 1.807) is 19.9 Å². The first-order valence-electron chi connectivity index (χ1n) is 5.69. The lowest BCUT2D eigenvalue weighted by Crippen LogP contribution is -2.50. The Morgan fingerprint density at radius 1 is 1.42 bits per heavy atom. The van der Waals surface area contributed by atoms with E-state index >= 15 is 0 Å². The zero-order valence-corrected chi connectivity index (χ0v) is 12.0. The molecule has 19 heavy (non-hydrogen) atoms. The summed E-state index contributed by atoms with van der Waals surface area (Å²) in [6.07, 6.45) is 1.07. The van der Waals surface area contributed by atoms with Gasteiger partial charge in [-0.25, -0.2) is 13.1 Å². The Morgan fingerprint density at radius 2 is 2.05 bits per heavy atom. The van der Waals surface area contributed by atoms with E-state index in [1.807, 2.05) is 0 Å². The summed E-state index contributed by atoms with van der Waals surface area (Å²) >= 11 is 0. The van der Waals surface area contributed by atoms with Gasteiger partial charge in [0.05, 0.1) is 12.8 Å². The largest absolute Gasteiger partial charge is 0.455 e. The van der Waals surface area contributed by atoms with Gasteiger partial charge in [0.2, 0.25) is 10.0 Å². The predicted molar refractivity (Wildman–Crippen MR) is 71.0 cm³/mol. The Kier molecular flexibility index (Phi) is 4.72. The quantitative estimate of drug-likeness (QED) is 0.670. The maximum absolute atomic E-state index is 11.8. The number of rotatable bonds is 6. The smallest absolute Gasteiger partial charge is 0.287 e. The first kappa shape index (κ1) is 15.7. The van der Waals surface area contributed by atoms with Crippen LogP contribution in [0.15, 0.2) is 16.5 Å². The molecule has 8 heteroatoms. The summed E-state index contributed by atoms with van der Waals surface area (Å²) in [5.74, 6) is 0.248. The van der Waals surface area contributed by atoms with Crippen molar-refractivity contribution in [3.63, 3.8) is 0 Å². The second-order valence-electron chi connectivity index (χ2n) is 4.91. The van der Waals surface area contributed by atoms with Gasteiger partial charge in [0.15, 0.2) is 5.76 Å². The monoisotopic (exact) mass is 289 g/mol. The molecule has 7 nitrogen and oxygen atoms in total. The zero-order valence-electron chi connectivity index (χ0n) is 11.2. The highest BCUT2D eigenvalue weighted by atomic mass is 32.2. The summed E-state index contributed by atoms with van der Waals surface area (Å²) in [5, 5.41) is 2.60. The van der Waals surface area contributed by atoms with E-state index in [-0.39, 0.29) is 18.8 Å². The van der Waals surface area contributed by atoms with E-state index in [4.69, 9.17) is 10.2 Å². The maximum atomic E-state index is 11.8. The second-order valence-corrected chi connectivity index (χ2v) is 6.66. The fourth-order valence-electron chi connectivity index (χ4n) is 1.54. The molecule has 1 heterocycles. The van der Waals surface area contributed by atoms with Gasteiger partial charge in [-0.1, -0.05) is 0 Å². The van der Waals surface area contributed by atoms with Gasteiger partial charge < -0.3 is 15.5 Å². The molecule has 0 saturated carbocycles. The Bertz CT molecular complexity index is 548. The van der Waals surface area contributed by atoms with E-state index in [0.29, 0.717) is 5.76 Å². The van der Waals surface area contributed by atoms with Gasteiger partial charge in [-0.15, -0.1) is 0 Å². The van der Waals surface area contributed by atoms with Gasteiger partial charge in [-0.05, 0) is 26.0 Å². The zero-order chi connectivity index (χ0) is 14.7. The number of sulfonamides is 1. The summed E-state index contributed by atoms with van der Waals surface area (Å²) < 4.78 is 29.9. The summed E-state index contributed by atoms with van der Waals surface area (Å²) in [4.78, 5) is 11.8. The normalized spacial score (nSPS) is 12.4. The van der Waals surface area contributed by atoms with Crippen molar-refractivity contribution in [1.82, 2.24) is 10.0 Å². The van der Waals surface area contributed by atoms with Gasteiger partial charge in [-0.3, -0.25) is 4.79 Å². The van der Waals surface area contributed by atoms with E-state index in [1.165, 1.54) is 6.07 Å². The third-order valence-electron chi connectivity index (χ3n) is 2.24. The average molecular weight is 289 g/mol. The highest BCUT2D eigenvalue weighted by Crippen LogP contribution is 2.08. The van der Waals surface area contributed by atoms with Crippen LogP contribution < -0.4 is 15.8 Å². The molecule has 0 radical (unpaired) electrons. The van der Waals surface area contributed by atoms with E-state index < -0.39 is 21.5 Å². The number of carbonyl (C=O) groups is 1. The van der Waals surface area contributed by atoms with Gasteiger partial charge >= 0.3 is 0 Å². The molecule has 0 bridgehead atoms. The third kappa shape index (κ3) is 5.41. The molecule has 1 amide bonds. The lowest BCUT2D eigenvalue weighted by atomic mass is 10.1. The minimum atomic E-state index is -3.34. The van der Waals surface area contributed by atoms with Crippen LogP contribution in [0.1, 0.15) is 30.2 Å². The molecule has 1 rings (SSSR count). The summed E-state index contributed by atoms with van der Waals surface area (Å²) in [6.45, 7) is 3.69. The first-order chi connectivity index (χ1) is 8.63. The van der Waals surface area contributed by atoms with Crippen molar-refractivity contribution in [1.29, 1.82) is 0 Å². The Hall–Kier alpha value is -1.38. The van der Waals surface area contributed by atoms with Crippen molar-refractivity contribution in [2.45, 2.75) is 25.9 Å². The molecule has 0 aliphatic rings. The molecule has 0 fully saturated rings. The highest BCUT2D eigenvalue weighted by Gasteiger charge is 2.23. The molecule has 0 aromatic carbocycles. The SMILES string of the molecule is CC(C)(CNC(=O)c1ccc(CN)o1)NS(C)(=O)=O. The standard InChI is InChI=1S/C11H19N3O4S/c1-11(2,14-19(3,16)17)7-13-10(15)9-5-4-8(6-12)18-9/h4-5,14H,6-7,12H2,1-3H3,(H,13,15). The van der Waals surface area contributed by atoms with Crippen LogP contribution in [0.5, 0.6) is 0 Å². The van der Waals surface area contributed by atoms with E-state index in [9.17, 15) is 13.2 Å². The minimum absolute atomic E-state index is 0.136. The van der Waals surface area contributed by atoms with Crippen LogP contribution in [0.4, 0.5) is 0 Å². The number of amides is 1. The molecule has 108 valence electrons. The Morgan fingerprint density at radius 3 is 2.53 bits per heavy atom. The van der Waals surface area contributed by atoms with Crippen molar-refractivity contribution >= 4 is 15.9 Å². The maximum Gasteiger partial charge on any atom is 0.287 e. The Balaban J connectivity index is 2.58. The topological polar surface area (TPSA) is 114 Å². The summed E-state index contributed by atoms with van der Waals surface area (Å²) in [6, 6.07) is 3.14. The van der Waals surface area contributed by atoms with E-state index in [2.05, 4.69) is 10.0 Å². The molecule has 4 N–H and O–H groups in total. The second kappa shape index (κ2) is 5.72. The number of nitrogens with two attached hydrogens (primary N) is 1. The lowest BCUT2D eigenvalue weighted by molar-refractivity contribution is 0.0915. The van der Waals surface area contributed by atoms with Crippen molar-refractivity contribution in [3.05, 3.63) is 23.7 Å². The van der Waals surface area contributed by atoms with Crippen LogP contribution in [-0.2, 0) is 16.6 Å². The van der Waals surface area contributed by atoms with Crippen molar-refractivity contribution in [2.24, 2.45) is 5.73 Å². The fourth-order valence-corrected chi connectivity index (χ4v) is 2.61. The molecule has 1 aromatic heterocycles. The number of nitrogens with one attached hydrogen (secondary N) is 2. The van der Waals surface area contributed by atoms with Gasteiger partial charge in [0.1, 0.15) is 5.76 Å². The van der Waals surface area contributed by atoms with Crippen LogP contribution in [0.3, 0.4) is 0 Å². The van der Waals surface area contributed by atoms with Crippen LogP contribution >= 0.6 is 0 Å². The van der Waals surface area contributed by atoms with Crippen molar-refractivity contribution < 1.29 is 17.6 Å². The number of hydrogen-bond donors (Lipinski definition) is 3. The number of hydrogen-bond acceptors (Lipinski definition) is 5. The molecule has 0 atom stereocenters. The first-order valence-corrected chi connectivity index (χ1v) is 7.58. The Labute approximate surface area is 112 Å². The molecular weight excluding hydrogens is 270 g/mol. The molecule has 1 aromatic rings. The third-order valence-corrected chi connectivity index (χ3v) is 3.16. The van der Waals surface area contributed by atoms with Crippen molar-refractivity contribution in [3.8, 4) is 0 Å². The number of furan rings is 1. The highest BCUT2D eigenvalue weighted by molar-refractivity contribution is 7.88. The van der Waals surface area contributed by atoms with Crippen LogP contribution in [0.25, 0.3) is 0 Å².